The fourth-order valence-electron chi connectivity index (χ4n) is 2.56. The van der Waals surface area contributed by atoms with Crippen molar-refractivity contribution in [2.75, 3.05) is 11.1 Å². The van der Waals surface area contributed by atoms with E-state index in [0.29, 0.717) is 22.7 Å². The molecule has 29 heavy (non-hydrogen) atoms. The molecule has 2 aromatic heterocycles. The quantitative estimate of drug-likeness (QED) is 0.449. The minimum atomic E-state index is -0.174. The van der Waals surface area contributed by atoms with Crippen LogP contribution in [0.25, 0.3) is 11.5 Å². The average Bonchev–Trinajstić information content (AvgIpc) is 3.41. The Kier molecular flexibility index (Phi) is 5.87. The lowest BCUT2D eigenvalue weighted by Crippen LogP contribution is -2.16. The second-order valence-corrected chi connectivity index (χ2v) is 7.33. The molecule has 0 aliphatic rings. The number of anilines is 1. The average molecular weight is 427 g/mol. The lowest BCUT2D eigenvalue weighted by Gasteiger charge is -2.10. The Morgan fingerprint density at radius 2 is 1.97 bits per heavy atom. The van der Waals surface area contributed by atoms with Crippen LogP contribution in [0.4, 0.5) is 5.69 Å². The highest BCUT2D eigenvalue weighted by Crippen LogP contribution is 2.24. The van der Waals surface area contributed by atoms with Crippen LogP contribution in [0.2, 0.25) is 5.02 Å². The van der Waals surface area contributed by atoms with Crippen molar-refractivity contribution in [1.82, 2.24) is 25.0 Å². The summed E-state index contributed by atoms with van der Waals surface area (Å²) in [6.07, 6.45) is 3.10. The maximum atomic E-state index is 12.4. The molecule has 146 valence electrons. The molecule has 0 bridgehead atoms. The third kappa shape index (κ3) is 5.01. The minimum Gasteiger partial charge on any atom is -0.411 e. The summed E-state index contributed by atoms with van der Waals surface area (Å²) < 4.78 is 7.29. The Bertz CT molecular complexity index is 1100. The van der Waals surface area contributed by atoms with E-state index in [1.807, 2.05) is 24.3 Å². The molecule has 10 heteroatoms. The molecule has 2 aromatic carbocycles. The van der Waals surface area contributed by atoms with Crippen LogP contribution in [0.15, 0.2) is 70.8 Å². The van der Waals surface area contributed by atoms with Gasteiger partial charge in [0.2, 0.25) is 11.8 Å². The smallest absolute Gasteiger partial charge is 0.277 e. The topological polar surface area (TPSA) is 98.7 Å². The van der Waals surface area contributed by atoms with E-state index in [2.05, 4.69) is 25.6 Å². The number of rotatable bonds is 7. The number of thioether (sulfide) groups is 1. The summed E-state index contributed by atoms with van der Waals surface area (Å²) in [4.78, 5) is 16.3. The first-order valence-electron chi connectivity index (χ1n) is 8.60. The highest BCUT2D eigenvalue weighted by atomic mass is 35.5. The monoisotopic (exact) mass is 426 g/mol. The fourth-order valence-corrected chi connectivity index (χ4v) is 3.25. The standard InChI is InChI=1S/C19H15ClN6O2S/c20-15-7-5-13(6-8-15)18-24-25-19(28-18)29-10-17(27)23-16-4-2-1-3-14(16)9-26-12-21-11-22-26/h1-8,11-12H,9-10H2,(H,23,27). The zero-order chi connectivity index (χ0) is 20.1. The van der Waals surface area contributed by atoms with Crippen molar-refractivity contribution in [2.45, 2.75) is 11.8 Å². The number of benzene rings is 2. The van der Waals surface area contributed by atoms with Crippen LogP contribution >= 0.6 is 23.4 Å². The van der Waals surface area contributed by atoms with Crippen molar-refractivity contribution >= 4 is 35.0 Å². The van der Waals surface area contributed by atoms with Crippen molar-refractivity contribution in [3.8, 4) is 11.5 Å². The fraction of sp³-hybridized carbons (Fsp3) is 0.105. The number of halogens is 1. The van der Waals surface area contributed by atoms with Gasteiger partial charge in [-0.2, -0.15) is 5.10 Å². The molecule has 0 aliphatic carbocycles. The molecule has 0 radical (unpaired) electrons. The molecule has 4 rings (SSSR count). The molecule has 0 unspecified atom stereocenters. The van der Waals surface area contributed by atoms with E-state index in [0.717, 1.165) is 16.8 Å². The normalized spacial score (nSPS) is 10.8. The lowest BCUT2D eigenvalue weighted by atomic mass is 10.2. The van der Waals surface area contributed by atoms with Crippen LogP contribution in [0.1, 0.15) is 5.56 Å². The predicted octanol–water partition coefficient (Wildman–Crippen LogP) is 3.76. The van der Waals surface area contributed by atoms with E-state index in [-0.39, 0.29) is 11.7 Å². The van der Waals surface area contributed by atoms with Gasteiger partial charge in [0.05, 0.1) is 12.3 Å². The zero-order valence-electron chi connectivity index (χ0n) is 15.0. The van der Waals surface area contributed by atoms with Crippen LogP contribution < -0.4 is 5.32 Å². The first kappa shape index (κ1) is 19.2. The van der Waals surface area contributed by atoms with Gasteiger partial charge in [0, 0.05) is 16.3 Å². The lowest BCUT2D eigenvalue weighted by molar-refractivity contribution is -0.113. The Morgan fingerprint density at radius 3 is 2.76 bits per heavy atom. The summed E-state index contributed by atoms with van der Waals surface area (Å²) in [7, 11) is 0. The second kappa shape index (κ2) is 8.89. The Morgan fingerprint density at radius 1 is 1.14 bits per heavy atom. The van der Waals surface area contributed by atoms with Gasteiger partial charge in [0.15, 0.2) is 0 Å². The molecule has 2 heterocycles. The first-order valence-corrected chi connectivity index (χ1v) is 9.96. The molecule has 0 aliphatic heterocycles. The predicted molar refractivity (Wildman–Crippen MR) is 110 cm³/mol. The van der Waals surface area contributed by atoms with Gasteiger partial charge in [-0.1, -0.05) is 41.6 Å². The number of carbonyl (C=O) groups is 1. The van der Waals surface area contributed by atoms with Crippen molar-refractivity contribution in [3.63, 3.8) is 0 Å². The number of carbonyl (C=O) groups excluding carboxylic acids is 1. The largest absolute Gasteiger partial charge is 0.411 e. The van der Waals surface area contributed by atoms with Crippen LogP contribution in [-0.4, -0.2) is 36.6 Å². The van der Waals surface area contributed by atoms with Gasteiger partial charge in [-0.25, -0.2) is 9.67 Å². The van der Waals surface area contributed by atoms with Gasteiger partial charge in [0.25, 0.3) is 5.22 Å². The molecule has 0 saturated heterocycles. The maximum Gasteiger partial charge on any atom is 0.277 e. The van der Waals surface area contributed by atoms with Crippen molar-refractivity contribution < 1.29 is 9.21 Å². The summed E-state index contributed by atoms with van der Waals surface area (Å²) >= 11 is 7.05. The molecular weight excluding hydrogens is 412 g/mol. The van der Waals surface area contributed by atoms with Gasteiger partial charge in [-0.05, 0) is 35.9 Å². The zero-order valence-corrected chi connectivity index (χ0v) is 16.6. The molecule has 8 nitrogen and oxygen atoms in total. The van der Waals surface area contributed by atoms with E-state index in [4.69, 9.17) is 16.0 Å². The molecule has 4 aromatic rings. The Balaban J connectivity index is 1.36. The molecule has 1 amide bonds. The van der Waals surface area contributed by atoms with Gasteiger partial charge >= 0.3 is 0 Å². The van der Waals surface area contributed by atoms with Gasteiger partial charge in [-0.3, -0.25) is 4.79 Å². The molecule has 0 fully saturated rings. The Labute approximate surface area is 175 Å². The number of nitrogens with one attached hydrogen (secondary N) is 1. The number of amides is 1. The number of nitrogens with zero attached hydrogens (tertiary/aromatic N) is 5. The van der Waals surface area contributed by atoms with E-state index >= 15 is 0 Å². The highest BCUT2D eigenvalue weighted by molar-refractivity contribution is 7.99. The van der Waals surface area contributed by atoms with Crippen LogP contribution in [-0.2, 0) is 11.3 Å². The van der Waals surface area contributed by atoms with E-state index in [1.54, 1.807) is 35.3 Å². The van der Waals surface area contributed by atoms with Crippen LogP contribution in [0.3, 0.4) is 0 Å². The van der Waals surface area contributed by atoms with Crippen LogP contribution in [0.5, 0.6) is 0 Å². The van der Waals surface area contributed by atoms with Crippen molar-refractivity contribution in [1.29, 1.82) is 0 Å². The molecule has 0 spiro atoms. The first-order chi connectivity index (χ1) is 14.2. The van der Waals surface area contributed by atoms with Crippen molar-refractivity contribution in [2.24, 2.45) is 0 Å². The maximum absolute atomic E-state index is 12.4. The molecular formula is C19H15ClN6O2S. The van der Waals surface area contributed by atoms with Crippen molar-refractivity contribution in [3.05, 3.63) is 71.8 Å². The number of hydrogen-bond donors (Lipinski definition) is 1. The van der Waals surface area contributed by atoms with Gasteiger partial charge in [-0.15, -0.1) is 10.2 Å². The number of para-hydroxylation sites is 1. The highest BCUT2D eigenvalue weighted by Gasteiger charge is 2.12. The summed E-state index contributed by atoms with van der Waals surface area (Å²) in [5, 5.41) is 15.9. The second-order valence-electron chi connectivity index (χ2n) is 5.97. The summed E-state index contributed by atoms with van der Waals surface area (Å²) in [6.45, 7) is 0.512. The van der Waals surface area contributed by atoms with Gasteiger partial charge < -0.3 is 9.73 Å². The molecule has 1 N–H and O–H groups in total. The van der Waals surface area contributed by atoms with E-state index in [1.165, 1.54) is 18.1 Å². The third-order valence-electron chi connectivity index (χ3n) is 3.91. The molecule has 0 saturated carbocycles. The van der Waals surface area contributed by atoms with Gasteiger partial charge in [0.1, 0.15) is 12.7 Å². The summed E-state index contributed by atoms with van der Waals surface area (Å²) in [5.74, 6) is 0.343. The number of aromatic nitrogens is 5. The minimum absolute atomic E-state index is 0.139. The van der Waals surface area contributed by atoms with E-state index in [9.17, 15) is 4.79 Å². The summed E-state index contributed by atoms with van der Waals surface area (Å²) in [6, 6.07) is 14.6. The van der Waals surface area contributed by atoms with Crippen LogP contribution in [0, 0.1) is 0 Å². The summed E-state index contributed by atoms with van der Waals surface area (Å²) in [5.41, 5.74) is 2.42. The third-order valence-corrected chi connectivity index (χ3v) is 4.99. The van der Waals surface area contributed by atoms with E-state index < -0.39 is 0 Å². The Hall–Kier alpha value is -3.17. The molecule has 0 atom stereocenters. The number of hydrogen-bond acceptors (Lipinski definition) is 7. The SMILES string of the molecule is O=C(CSc1nnc(-c2ccc(Cl)cc2)o1)Nc1ccccc1Cn1cncn1.